The molecule has 5 nitrogen and oxygen atoms in total. The average molecular weight is 309 g/mol. The number of ether oxygens (including phenoxy) is 1. The van der Waals surface area contributed by atoms with Crippen molar-refractivity contribution in [1.82, 2.24) is 10.2 Å². The Balaban J connectivity index is 1.95. The molecule has 1 aromatic heterocycles. The second-order valence-electron chi connectivity index (χ2n) is 4.14. The number of rotatable bonds is 5. The van der Waals surface area contributed by atoms with E-state index in [1.54, 1.807) is 6.92 Å². The van der Waals surface area contributed by atoms with Gasteiger partial charge in [-0.2, -0.15) is 0 Å². The van der Waals surface area contributed by atoms with Gasteiger partial charge in [0.2, 0.25) is 5.13 Å². The Labute approximate surface area is 125 Å². The minimum atomic E-state index is -0.599. The molecule has 0 aliphatic rings. The quantitative estimate of drug-likeness (QED) is 0.679. The fraction of sp³-hybridized carbons (Fsp3) is 0.308. The summed E-state index contributed by atoms with van der Waals surface area (Å²) in [5.74, 6) is 0.435. The molecule has 1 amide bonds. The van der Waals surface area contributed by atoms with Crippen molar-refractivity contribution in [2.45, 2.75) is 24.3 Å². The van der Waals surface area contributed by atoms with Gasteiger partial charge in [-0.1, -0.05) is 35.2 Å². The van der Waals surface area contributed by atoms with Gasteiger partial charge < -0.3 is 4.74 Å². The molecule has 7 heteroatoms. The lowest BCUT2D eigenvalue weighted by molar-refractivity contribution is -0.122. The minimum Gasteiger partial charge on any atom is -0.481 e. The molecule has 2 aromatic rings. The molecule has 1 N–H and O–H groups in total. The molecule has 1 atom stereocenters. The molecule has 0 saturated heterocycles. The van der Waals surface area contributed by atoms with E-state index in [9.17, 15) is 4.79 Å². The third kappa shape index (κ3) is 3.94. The van der Waals surface area contributed by atoms with Gasteiger partial charge in [0.05, 0.1) is 0 Å². The third-order valence-electron chi connectivity index (χ3n) is 2.48. The van der Waals surface area contributed by atoms with Crippen LogP contribution in [0.15, 0.2) is 28.6 Å². The van der Waals surface area contributed by atoms with Crippen molar-refractivity contribution >= 4 is 34.1 Å². The summed E-state index contributed by atoms with van der Waals surface area (Å²) in [6, 6.07) is 7.58. The van der Waals surface area contributed by atoms with E-state index in [-0.39, 0.29) is 5.91 Å². The molecule has 0 radical (unpaired) electrons. The van der Waals surface area contributed by atoms with Crippen LogP contribution in [0.2, 0.25) is 0 Å². The topological polar surface area (TPSA) is 64.1 Å². The zero-order valence-corrected chi connectivity index (χ0v) is 13.0. The molecule has 0 aliphatic carbocycles. The number of anilines is 1. The highest BCUT2D eigenvalue weighted by Gasteiger charge is 2.16. The smallest absolute Gasteiger partial charge is 0.266 e. The predicted octanol–water partition coefficient (Wildman–Crippen LogP) is 2.97. The van der Waals surface area contributed by atoms with Gasteiger partial charge in [0.15, 0.2) is 10.4 Å². The molecule has 106 valence electrons. The third-order valence-corrected chi connectivity index (χ3v) is 4.30. The van der Waals surface area contributed by atoms with Crippen molar-refractivity contribution in [2.75, 3.05) is 11.6 Å². The standard InChI is InChI=1S/C13H15N3O2S2/c1-8-5-4-6-10(7-8)18-9(2)11(17)14-12-15-16-13(19-3)20-12/h4-7,9H,1-3H3,(H,14,15,17). The number of aromatic nitrogens is 2. The molecular weight excluding hydrogens is 294 g/mol. The first-order valence-electron chi connectivity index (χ1n) is 6.00. The molecule has 20 heavy (non-hydrogen) atoms. The van der Waals surface area contributed by atoms with Crippen LogP contribution in [-0.2, 0) is 4.79 Å². The number of benzene rings is 1. The number of nitrogens with one attached hydrogen (secondary N) is 1. The molecular formula is C13H15N3O2S2. The molecule has 0 bridgehead atoms. The van der Waals surface area contributed by atoms with Gasteiger partial charge in [-0.25, -0.2) is 0 Å². The summed E-state index contributed by atoms with van der Waals surface area (Å²) >= 11 is 2.83. The molecule has 0 saturated carbocycles. The lowest BCUT2D eigenvalue weighted by atomic mass is 10.2. The van der Waals surface area contributed by atoms with E-state index in [2.05, 4.69) is 15.5 Å². The fourth-order valence-corrected chi connectivity index (χ4v) is 2.67. The number of hydrogen-bond donors (Lipinski definition) is 1. The van der Waals surface area contributed by atoms with Crippen LogP contribution in [-0.4, -0.2) is 28.5 Å². The number of carbonyl (C=O) groups excluding carboxylic acids is 1. The molecule has 2 rings (SSSR count). The van der Waals surface area contributed by atoms with Gasteiger partial charge in [0, 0.05) is 0 Å². The molecule has 1 aromatic carbocycles. The first-order chi connectivity index (χ1) is 9.58. The van der Waals surface area contributed by atoms with Crippen LogP contribution in [0.1, 0.15) is 12.5 Å². The Morgan fingerprint density at radius 3 is 2.90 bits per heavy atom. The van der Waals surface area contributed by atoms with Crippen molar-refractivity contribution in [3.05, 3.63) is 29.8 Å². The Kier molecular flexibility index (Phi) is 4.97. The maximum Gasteiger partial charge on any atom is 0.266 e. The van der Waals surface area contributed by atoms with E-state index in [1.165, 1.54) is 23.1 Å². The largest absolute Gasteiger partial charge is 0.481 e. The predicted molar refractivity (Wildman–Crippen MR) is 81.6 cm³/mol. The lowest BCUT2D eigenvalue weighted by Gasteiger charge is -2.13. The molecule has 0 aliphatic heterocycles. The van der Waals surface area contributed by atoms with E-state index >= 15 is 0 Å². The minimum absolute atomic E-state index is 0.240. The maximum atomic E-state index is 12.0. The van der Waals surface area contributed by atoms with Gasteiger partial charge in [-0.15, -0.1) is 10.2 Å². The van der Waals surface area contributed by atoms with E-state index in [0.717, 1.165) is 9.90 Å². The van der Waals surface area contributed by atoms with Crippen LogP contribution < -0.4 is 10.1 Å². The summed E-state index contributed by atoms with van der Waals surface area (Å²) in [6.07, 6.45) is 1.31. The summed E-state index contributed by atoms with van der Waals surface area (Å²) in [5.41, 5.74) is 1.09. The Morgan fingerprint density at radius 2 is 2.25 bits per heavy atom. The maximum absolute atomic E-state index is 12.0. The second-order valence-corrected chi connectivity index (χ2v) is 6.17. The number of hydrogen-bond acceptors (Lipinski definition) is 6. The number of carbonyl (C=O) groups is 1. The number of aryl methyl sites for hydroxylation is 1. The Hall–Kier alpha value is -1.60. The van der Waals surface area contributed by atoms with E-state index in [1.807, 2.05) is 37.4 Å². The number of thioether (sulfide) groups is 1. The van der Waals surface area contributed by atoms with Crippen LogP contribution in [0.25, 0.3) is 0 Å². The van der Waals surface area contributed by atoms with Gasteiger partial charge in [-0.3, -0.25) is 10.1 Å². The average Bonchev–Trinajstić information content (AvgIpc) is 2.86. The Bertz CT molecular complexity index is 601. The van der Waals surface area contributed by atoms with Gasteiger partial charge >= 0.3 is 0 Å². The summed E-state index contributed by atoms with van der Waals surface area (Å²) < 4.78 is 6.41. The lowest BCUT2D eigenvalue weighted by Crippen LogP contribution is -2.30. The molecule has 1 heterocycles. The van der Waals surface area contributed by atoms with Crippen molar-refractivity contribution < 1.29 is 9.53 Å². The van der Waals surface area contributed by atoms with Crippen LogP contribution in [0, 0.1) is 6.92 Å². The number of nitrogens with zero attached hydrogens (tertiary/aromatic N) is 2. The van der Waals surface area contributed by atoms with Crippen molar-refractivity contribution in [1.29, 1.82) is 0 Å². The van der Waals surface area contributed by atoms with E-state index < -0.39 is 6.10 Å². The molecule has 0 spiro atoms. The zero-order chi connectivity index (χ0) is 14.5. The molecule has 0 fully saturated rings. The second kappa shape index (κ2) is 6.71. The summed E-state index contributed by atoms with van der Waals surface area (Å²) in [7, 11) is 0. The fourth-order valence-electron chi connectivity index (χ4n) is 1.50. The first-order valence-corrected chi connectivity index (χ1v) is 8.04. The SMILES string of the molecule is CSc1nnc(NC(=O)C(C)Oc2cccc(C)c2)s1. The monoisotopic (exact) mass is 309 g/mol. The number of amides is 1. The zero-order valence-electron chi connectivity index (χ0n) is 11.4. The summed E-state index contributed by atoms with van der Waals surface area (Å²) in [6.45, 7) is 3.68. The van der Waals surface area contributed by atoms with Crippen LogP contribution in [0.5, 0.6) is 5.75 Å². The molecule has 1 unspecified atom stereocenters. The van der Waals surface area contributed by atoms with Crippen LogP contribution in [0.4, 0.5) is 5.13 Å². The van der Waals surface area contributed by atoms with Crippen LogP contribution in [0.3, 0.4) is 0 Å². The summed E-state index contributed by atoms with van der Waals surface area (Å²) in [5, 5.41) is 11.0. The van der Waals surface area contributed by atoms with Crippen molar-refractivity contribution in [3.8, 4) is 5.75 Å². The van der Waals surface area contributed by atoms with Crippen molar-refractivity contribution in [2.24, 2.45) is 0 Å². The highest BCUT2D eigenvalue weighted by Crippen LogP contribution is 2.23. The van der Waals surface area contributed by atoms with E-state index in [4.69, 9.17) is 4.74 Å². The highest BCUT2D eigenvalue weighted by atomic mass is 32.2. The normalized spacial score (nSPS) is 11.9. The summed E-state index contributed by atoms with van der Waals surface area (Å²) in [4.78, 5) is 12.0. The highest BCUT2D eigenvalue weighted by molar-refractivity contribution is 8.00. The first kappa shape index (κ1) is 14.8. The van der Waals surface area contributed by atoms with Gasteiger partial charge in [-0.05, 0) is 37.8 Å². The Morgan fingerprint density at radius 1 is 1.45 bits per heavy atom. The van der Waals surface area contributed by atoms with Gasteiger partial charge in [0.25, 0.3) is 5.91 Å². The van der Waals surface area contributed by atoms with Crippen LogP contribution >= 0.6 is 23.1 Å². The van der Waals surface area contributed by atoms with Gasteiger partial charge in [0.1, 0.15) is 5.75 Å². The van der Waals surface area contributed by atoms with Crippen molar-refractivity contribution in [3.63, 3.8) is 0 Å². The van der Waals surface area contributed by atoms with E-state index in [0.29, 0.717) is 10.9 Å².